The first-order valence-electron chi connectivity index (χ1n) is 9.94. The molecule has 0 aliphatic heterocycles. The zero-order chi connectivity index (χ0) is 21.2. The first-order valence-corrected chi connectivity index (χ1v) is 9.94. The molecule has 2 aromatic carbocycles. The number of benzene rings is 2. The molecule has 6 heteroatoms. The summed E-state index contributed by atoms with van der Waals surface area (Å²) in [6, 6.07) is 12.7. The lowest BCUT2D eigenvalue weighted by atomic mass is 10.1. The predicted octanol–water partition coefficient (Wildman–Crippen LogP) is 4.15. The first-order chi connectivity index (χ1) is 14.0. The number of para-hydroxylation sites is 1. The lowest BCUT2D eigenvalue weighted by Crippen LogP contribution is -2.35. The number of nitrogens with zero attached hydrogens (tertiary/aromatic N) is 1. The van der Waals surface area contributed by atoms with E-state index in [1.807, 2.05) is 31.2 Å². The van der Waals surface area contributed by atoms with Gasteiger partial charge >= 0.3 is 0 Å². The second-order valence-electron chi connectivity index (χ2n) is 6.79. The van der Waals surface area contributed by atoms with E-state index >= 15 is 0 Å². The Balaban J connectivity index is 2.02. The maximum absolute atomic E-state index is 12.7. The Morgan fingerprint density at radius 2 is 1.83 bits per heavy atom. The van der Waals surface area contributed by atoms with Gasteiger partial charge in [0.2, 0.25) is 5.91 Å². The van der Waals surface area contributed by atoms with E-state index in [2.05, 4.69) is 12.2 Å². The summed E-state index contributed by atoms with van der Waals surface area (Å²) >= 11 is 0. The number of aryl methyl sites for hydroxylation is 1. The molecule has 0 radical (unpaired) electrons. The normalized spacial score (nSPS) is 10.3. The minimum absolute atomic E-state index is 0.0477. The molecule has 0 fully saturated rings. The summed E-state index contributed by atoms with van der Waals surface area (Å²) < 4.78 is 11.1. The van der Waals surface area contributed by atoms with Crippen molar-refractivity contribution >= 4 is 17.5 Å². The predicted molar refractivity (Wildman–Crippen MR) is 115 cm³/mol. The smallest absolute Gasteiger partial charge is 0.254 e. The van der Waals surface area contributed by atoms with Crippen molar-refractivity contribution in [2.75, 3.05) is 32.6 Å². The number of likely N-dealkylation sites (N-methyl/N-ethyl adjacent to an activating group) is 1. The van der Waals surface area contributed by atoms with Gasteiger partial charge in [-0.25, -0.2) is 0 Å². The summed E-state index contributed by atoms with van der Waals surface area (Å²) in [6.45, 7) is 4.67. The molecule has 0 aromatic heterocycles. The average Bonchev–Trinajstić information content (AvgIpc) is 2.73. The van der Waals surface area contributed by atoms with Gasteiger partial charge in [0.05, 0.1) is 20.3 Å². The molecule has 0 unspecified atom stereocenters. The number of unbranched alkanes of at least 4 members (excludes halogenated alkanes) is 1. The number of carbonyl (C=O) groups excluding carboxylic acids is 2. The molecule has 0 atom stereocenters. The van der Waals surface area contributed by atoms with Crippen molar-refractivity contribution in [3.63, 3.8) is 0 Å². The molecule has 156 valence electrons. The molecular formula is C23H30N2O4. The third-order valence-electron chi connectivity index (χ3n) is 4.57. The molecule has 0 bridgehead atoms. The molecule has 2 amide bonds. The van der Waals surface area contributed by atoms with Gasteiger partial charge in [0.25, 0.3) is 5.91 Å². The van der Waals surface area contributed by atoms with Gasteiger partial charge < -0.3 is 19.7 Å². The van der Waals surface area contributed by atoms with Crippen molar-refractivity contribution in [1.29, 1.82) is 0 Å². The fraction of sp³-hybridized carbons (Fsp3) is 0.391. The van der Waals surface area contributed by atoms with Crippen molar-refractivity contribution in [3.05, 3.63) is 53.6 Å². The van der Waals surface area contributed by atoms with E-state index in [0.717, 1.165) is 30.5 Å². The van der Waals surface area contributed by atoms with Crippen LogP contribution < -0.4 is 14.8 Å². The Labute approximate surface area is 172 Å². The van der Waals surface area contributed by atoms with Crippen LogP contribution in [-0.2, 0) is 11.2 Å². The van der Waals surface area contributed by atoms with Gasteiger partial charge in [0, 0.05) is 18.3 Å². The monoisotopic (exact) mass is 398 g/mol. The van der Waals surface area contributed by atoms with Gasteiger partial charge in [-0.2, -0.15) is 0 Å². The molecule has 0 saturated heterocycles. The van der Waals surface area contributed by atoms with E-state index in [1.54, 1.807) is 32.4 Å². The molecule has 1 N–H and O–H groups in total. The number of ether oxygens (including phenoxy) is 2. The maximum Gasteiger partial charge on any atom is 0.254 e. The SMILES string of the molecule is CCCCOc1ccc(C(=O)N(C)CC(=O)Nc2ccccc2CC)cc1OC. The van der Waals surface area contributed by atoms with Crippen molar-refractivity contribution in [3.8, 4) is 11.5 Å². The highest BCUT2D eigenvalue weighted by Gasteiger charge is 2.18. The largest absolute Gasteiger partial charge is 0.493 e. The molecule has 29 heavy (non-hydrogen) atoms. The molecule has 2 aromatic rings. The van der Waals surface area contributed by atoms with E-state index < -0.39 is 0 Å². The maximum atomic E-state index is 12.7. The lowest BCUT2D eigenvalue weighted by molar-refractivity contribution is -0.116. The second kappa shape index (κ2) is 11.1. The van der Waals surface area contributed by atoms with E-state index in [1.165, 1.54) is 4.90 Å². The third-order valence-corrected chi connectivity index (χ3v) is 4.57. The second-order valence-corrected chi connectivity index (χ2v) is 6.79. The number of amides is 2. The minimum Gasteiger partial charge on any atom is -0.493 e. The Kier molecular flexibility index (Phi) is 8.52. The standard InChI is InChI=1S/C23H30N2O4/c1-5-7-14-29-20-13-12-18(15-21(20)28-4)23(27)25(3)16-22(26)24-19-11-9-8-10-17(19)6-2/h8-13,15H,5-7,14,16H2,1-4H3,(H,24,26). The van der Waals surface area contributed by atoms with E-state index in [4.69, 9.17) is 9.47 Å². The molecule has 2 rings (SSSR count). The molecule has 0 saturated carbocycles. The van der Waals surface area contributed by atoms with Crippen LogP contribution in [0.1, 0.15) is 42.6 Å². The van der Waals surface area contributed by atoms with Crippen LogP contribution in [0.5, 0.6) is 11.5 Å². The summed E-state index contributed by atoms with van der Waals surface area (Å²) in [4.78, 5) is 26.5. The molecule has 0 aliphatic rings. The number of rotatable bonds is 10. The summed E-state index contributed by atoms with van der Waals surface area (Å²) in [7, 11) is 3.14. The summed E-state index contributed by atoms with van der Waals surface area (Å²) in [5.74, 6) is 0.603. The number of hydrogen-bond acceptors (Lipinski definition) is 4. The third kappa shape index (κ3) is 6.24. The number of methoxy groups -OCH3 is 1. The Hall–Kier alpha value is -3.02. The van der Waals surface area contributed by atoms with Gasteiger partial charge in [-0.05, 0) is 42.7 Å². The van der Waals surface area contributed by atoms with Crippen LogP contribution in [0.2, 0.25) is 0 Å². The quantitative estimate of drug-likeness (QED) is 0.611. The summed E-state index contributed by atoms with van der Waals surface area (Å²) in [5, 5.41) is 2.88. The van der Waals surface area contributed by atoms with Gasteiger partial charge in [0.1, 0.15) is 0 Å². The number of carbonyl (C=O) groups is 2. The molecular weight excluding hydrogens is 368 g/mol. The van der Waals surface area contributed by atoms with Crippen molar-refractivity contribution in [2.24, 2.45) is 0 Å². The van der Waals surface area contributed by atoms with Crippen LogP contribution in [-0.4, -0.2) is 44.0 Å². The lowest BCUT2D eigenvalue weighted by Gasteiger charge is -2.18. The summed E-state index contributed by atoms with van der Waals surface area (Å²) in [5.41, 5.74) is 2.27. The fourth-order valence-electron chi connectivity index (χ4n) is 2.89. The van der Waals surface area contributed by atoms with Gasteiger partial charge in [-0.3, -0.25) is 9.59 Å². The van der Waals surface area contributed by atoms with Crippen molar-refractivity contribution in [1.82, 2.24) is 4.90 Å². The highest BCUT2D eigenvalue weighted by atomic mass is 16.5. The number of hydrogen-bond donors (Lipinski definition) is 1. The first kappa shape index (κ1) is 22.3. The van der Waals surface area contributed by atoms with Gasteiger partial charge in [-0.1, -0.05) is 38.5 Å². The van der Waals surface area contributed by atoms with Crippen LogP contribution in [0.15, 0.2) is 42.5 Å². The van der Waals surface area contributed by atoms with Crippen LogP contribution in [0, 0.1) is 0 Å². The number of nitrogens with one attached hydrogen (secondary N) is 1. The van der Waals surface area contributed by atoms with Crippen molar-refractivity contribution in [2.45, 2.75) is 33.1 Å². The van der Waals surface area contributed by atoms with Crippen LogP contribution in [0.25, 0.3) is 0 Å². The molecule has 0 heterocycles. The van der Waals surface area contributed by atoms with Gasteiger partial charge in [0.15, 0.2) is 11.5 Å². The molecule has 6 nitrogen and oxygen atoms in total. The molecule has 0 spiro atoms. The Morgan fingerprint density at radius 3 is 2.52 bits per heavy atom. The van der Waals surface area contributed by atoms with E-state index in [0.29, 0.717) is 23.7 Å². The number of anilines is 1. The van der Waals surface area contributed by atoms with Crippen LogP contribution >= 0.6 is 0 Å². The highest BCUT2D eigenvalue weighted by Crippen LogP contribution is 2.28. The highest BCUT2D eigenvalue weighted by molar-refractivity contribution is 5.99. The van der Waals surface area contributed by atoms with Crippen molar-refractivity contribution < 1.29 is 19.1 Å². The van der Waals surface area contributed by atoms with Crippen LogP contribution in [0.3, 0.4) is 0 Å². The topological polar surface area (TPSA) is 67.9 Å². The van der Waals surface area contributed by atoms with E-state index in [9.17, 15) is 9.59 Å². The summed E-state index contributed by atoms with van der Waals surface area (Å²) in [6.07, 6.45) is 2.80. The Morgan fingerprint density at radius 1 is 1.07 bits per heavy atom. The van der Waals surface area contributed by atoms with E-state index in [-0.39, 0.29) is 18.4 Å². The fourth-order valence-corrected chi connectivity index (χ4v) is 2.89. The average molecular weight is 399 g/mol. The molecule has 0 aliphatic carbocycles. The Bertz CT molecular complexity index is 835. The zero-order valence-corrected chi connectivity index (χ0v) is 17.7. The zero-order valence-electron chi connectivity index (χ0n) is 17.7. The van der Waals surface area contributed by atoms with Crippen LogP contribution in [0.4, 0.5) is 5.69 Å². The van der Waals surface area contributed by atoms with Gasteiger partial charge in [-0.15, -0.1) is 0 Å². The minimum atomic E-state index is -0.262.